The molecule has 0 unspecified atom stereocenters. The summed E-state index contributed by atoms with van der Waals surface area (Å²) in [4.78, 5) is 4.65. The van der Waals surface area contributed by atoms with Crippen molar-refractivity contribution in [3.63, 3.8) is 0 Å². The molecule has 1 aromatic heterocycles. The van der Waals surface area contributed by atoms with Crippen LogP contribution in [-0.2, 0) is 19.6 Å². The topological polar surface area (TPSA) is 34.1 Å². The summed E-state index contributed by atoms with van der Waals surface area (Å²) in [6.07, 6.45) is 0.878. The van der Waals surface area contributed by atoms with Gasteiger partial charge in [0.1, 0.15) is 18.2 Å². The molecule has 25 heavy (non-hydrogen) atoms. The highest BCUT2D eigenvalue weighted by molar-refractivity contribution is 5.61. The number of ether oxygens (including phenoxy) is 1. The van der Waals surface area contributed by atoms with Crippen LogP contribution in [0, 0.1) is 5.82 Å². The molecule has 0 fully saturated rings. The van der Waals surface area contributed by atoms with Gasteiger partial charge in [-0.3, -0.25) is 4.98 Å². The standard InChI is InChI=1S/C21H19FN2O/c22-19-12-17(25-14-15-4-2-1-3-5-15)7-8-18(19)21-9-6-16-13-23-11-10-20(16)24-21/h1-9,12,23H,10-11,13-14H2. The maximum Gasteiger partial charge on any atom is 0.136 e. The monoisotopic (exact) mass is 334 g/mol. The molecule has 1 aliphatic rings. The van der Waals surface area contributed by atoms with E-state index in [1.807, 2.05) is 42.5 Å². The Kier molecular flexibility index (Phi) is 4.44. The first kappa shape index (κ1) is 15.8. The summed E-state index contributed by atoms with van der Waals surface area (Å²) >= 11 is 0. The van der Waals surface area contributed by atoms with Gasteiger partial charge in [-0.2, -0.15) is 0 Å². The van der Waals surface area contributed by atoms with Crippen LogP contribution in [0.4, 0.5) is 4.39 Å². The number of hydrogen-bond donors (Lipinski definition) is 1. The quantitative estimate of drug-likeness (QED) is 0.779. The average molecular weight is 334 g/mol. The number of benzene rings is 2. The van der Waals surface area contributed by atoms with Gasteiger partial charge in [0.15, 0.2) is 0 Å². The van der Waals surface area contributed by atoms with Gasteiger partial charge in [0.25, 0.3) is 0 Å². The summed E-state index contributed by atoms with van der Waals surface area (Å²) in [5.41, 5.74) is 4.48. The Balaban J connectivity index is 1.53. The number of fused-ring (bicyclic) bond motifs is 1. The highest BCUT2D eigenvalue weighted by Crippen LogP contribution is 2.27. The molecular formula is C21H19FN2O. The highest BCUT2D eigenvalue weighted by Gasteiger charge is 2.14. The molecule has 0 saturated heterocycles. The van der Waals surface area contributed by atoms with Gasteiger partial charge >= 0.3 is 0 Å². The molecule has 0 saturated carbocycles. The van der Waals surface area contributed by atoms with E-state index >= 15 is 0 Å². The van der Waals surface area contributed by atoms with Crippen LogP contribution >= 0.6 is 0 Å². The second kappa shape index (κ2) is 7.03. The number of nitrogens with zero attached hydrogens (tertiary/aromatic N) is 1. The van der Waals surface area contributed by atoms with Crippen molar-refractivity contribution in [2.45, 2.75) is 19.6 Å². The Morgan fingerprint density at radius 2 is 1.92 bits per heavy atom. The van der Waals surface area contributed by atoms with E-state index in [1.54, 1.807) is 12.1 Å². The summed E-state index contributed by atoms with van der Waals surface area (Å²) in [6, 6.07) is 18.7. The lowest BCUT2D eigenvalue weighted by Gasteiger charge is -2.17. The zero-order valence-corrected chi connectivity index (χ0v) is 13.8. The van der Waals surface area contributed by atoms with E-state index in [2.05, 4.69) is 10.3 Å². The maximum absolute atomic E-state index is 14.6. The first-order chi connectivity index (χ1) is 12.3. The molecule has 2 aromatic carbocycles. The van der Waals surface area contributed by atoms with Crippen molar-refractivity contribution in [1.82, 2.24) is 10.3 Å². The fourth-order valence-electron chi connectivity index (χ4n) is 3.02. The molecule has 0 radical (unpaired) electrons. The van der Waals surface area contributed by atoms with E-state index < -0.39 is 0 Å². The van der Waals surface area contributed by atoms with Crippen molar-refractivity contribution >= 4 is 0 Å². The minimum atomic E-state index is -0.313. The minimum absolute atomic E-state index is 0.313. The molecule has 0 atom stereocenters. The molecule has 0 spiro atoms. The van der Waals surface area contributed by atoms with Gasteiger partial charge in [0.05, 0.1) is 5.69 Å². The molecule has 126 valence electrons. The van der Waals surface area contributed by atoms with E-state index in [4.69, 9.17) is 4.74 Å². The van der Waals surface area contributed by atoms with Crippen molar-refractivity contribution in [2.24, 2.45) is 0 Å². The zero-order valence-electron chi connectivity index (χ0n) is 13.8. The van der Waals surface area contributed by atoms with Gasteiger partial charge in [-0.25, -0.2) is 4.39 Å². The molecule has 3 nitrogen and oxygen atoms in total. The van der Waals surface area contributed by atoms with E-state index in [0.717, 1.165) is 30.8 Å². The number of rotatable bonds is 4. The summed E-state index contributed by atoms with van der Waals surface area (Å²) in [6.45, 7) is 2.17. The van der Waals surface area contributed by atoms with Crippen molar-refractivity contribution in [3.05, 3.63) is 83.3 Å². The Morgan fingerprint density at radius 3 is 2.76 bits per heavy atom. The molecule has 1 N–H and O–H groups in total. The zero-order chi connectivity index (χ0) is 17.1. The smallest absolute Gasteiger partial charge is 0.136 e. The number of pyridine rings is 1. The van der Waals surface area contributed by atoms with E-state index in [-0.39, 0.29) is 5.82 Å². The molecule has 0 bridgehead atoms. The van der Waals surface area contributed by atoms with Crippen LogP contribution in [0.25, 0.3) is 11.3 Å². The second-order valence-corrected chi connectivity index (χ2v) is 6.15. The largest absolute Gasteiger partial charge is 0.489 e. The van der Waals surface area contributed by atoms with Gasteiger partial charge in [-0.05, 0) is 29.3 Å². The van der Waals surface area contributed by atoms with E-state index in [9.17, 15) is 4.39 Å². The molecule has 4 heteroatoms. The third-order valence-electron chi connectivity index (χ3n) is 4.39. The second-order valence-electron chi connectivity index (χ2n) is 6.15. The molecule has 3 aromatic rings. The van der Waals surface area contributed by atoms with E-state index in [1.165, 1.54) is 11.6 Å². The van der Waals surface area contributed by atoms with Crippen molar-refractivity contribution in [2.75, 3.05) is 6.54 Å². The van der Waals surface area contributed by atoms with Crippen molar-refractivity contribution < 1.29 is 9.13 Å². The Labute approximate surface area is 146 Å². The third-order valence-corrected chi connectivity index (χ3v) is 4.39. The molecule has 4 rings (SSSR count). The lowest BCUT2D eigenvalue weighted by Crippen LogP contribution is -2.24. The first-order valence-corrected chi connectivity index (χ1v) is 8.46. The predicted molar refractivity (Wildman–Crippen MR) is 95.8 cm³/mol. The minimum Gasteiger partial charge on any atom is -0.489 e. The summed E-state index contributed by atoms with van der Waals surface area (Å²) in [7, 11) is 0. The number of nitrogens with one attached hydrogen (secondary N) is 1. The van der Waals surface area contributed by atoms with Crippen LogP contribution in [0.5, 0.6) is 5.75 Å². The van der Waals surface area contributed by atoms with Crippen LogP contribution in [0.15, 0.2) is 60.7 Å². The molecule has 1 aliphatic heterocycles. The molecule has 2 heterocycles. The van der Waals surface area contributed by atoms with Crippen LogP contribution in [0.1, 0.15) is 16.8 Å². The van der Waals surface area contributed by atoms with Crippen LogP contribution in [0.3, 0.4) is 0 Å². The number of hydrogen-bond acceptors (Lipinski definition) is 3. The van der Waals surface area contributed by atoms with Crippen LogP contribution in [-0.4, -0.2) is 11.5 Å². The molecular weight excluding hydrogens is 315 g/mol. The Bertz CT molecular complexity index is 880. The van der Waals surface area contributed by atoms with Crippen molar-refractivity contribution in [3.8, 4) is 17.0 Å². The number of halogens is 1. The van der Waals surface area contributed by atoms with Gasteiger partial charge in [0.2, 0.25) is 0 Å². The molecule has 0 amide bonds. The average Bonchev–Trinajstić information content (AvgIpc) is 2.67. The van der Waals surface area contributed by atoms with Crippen LogP contribution < -0.4 is 10.1 Å². The van der Waals surface area contributed by atoms with Gasteiger partial charge in [0, 0.05) is 36.8 Å². The van der Waals surface area contributed by atoms with Crippen molar-refractivity contribution in [1.29, 1.82) is 0 Å². The van der Waals surface area contributed by atoms with Gasteiger partial charge < -0.3 is 10.1 Å². The van der Waals surface area contributed by atoms with Gasteiger partial charge in [-0.1, -0.05) is 36.4 Å². The fraction of sp³-hybridized carbons (Fsp3) is 0.190. The Morgan fingerprint density at radius 1 is 1.04 bits per heavy atom. The lowest BCUT2D eigenvalue weighted by atomic mass is 10.0. The summed E-state index contributed by atoms with van der Waals surface area (Å²) in [5, 5.41) is 3.32. The van der Waals surface area contributed by atoms with E-state index in [0.29, 0.717) is 23.6 Å². The predicted octanol–water partition coefficient (Wildman–Crippen LogP) is 4.11. The lowest BCUT2D eigenvalue weighted by molar-refractivity contribution is 0.304. The number of aromatic nitrogens is 1. The SMILES string of the molecule is Fc1cc(OCc2ccccc2)ccc1-c1ccc2c(n1)CCNC2. The molecule has 0 aliphatic carbocycles. The normalized spacial score (nSPS) is 13.3. The third kappa shape index (κ3) is 3.54. The first-order valence-electron chi connectivity index (χ1n) is 8.46. The Hall–Kier alpha value is -2.72. The van der Waals surface area contributed by atoms with Gasteiger partial charge in [-0.15, -0.1) is 0 Å². The fourth-order valence-corrected chi connectivity index (χ4v) is 3.02. The summed E-state index contributed by atoms with van der Waals surface area (Å²) in [5.74, 6) is 0.208. The summed E-state index contributed by atoms with van der Waals surface area (Å²) < 4.78 is 20.2. The maximum atomic E-state index is 14.6. The highest BCUT2D eigenvalue weighted by atomic mass is 19.1. The van der Waals surface area contributed by atoms with Crippen LogP contribution in [0.2, 0.25) is 0 Å².